The Kier molecular flexibility index (Phi) is 3.22. The first kappa shape index (κ1) is 19.1. The summed E-state index contributed by atoms with van der Waals surface area (Å²) in [5.74, 6) is -1.51. The number of carbonyl (C=O) groups excluding carboxylic acids is 2. The second kappa shape index (κ2) is 5.39. The molecular formula is C25H26O7. The Bertz CT molecular complexity index is 1120. The van der Waals surface area contributed by atoms with Crippen molar-refractivity contribution >= 4 is 11.9 Å². The third kappa shape index (κ3) is 2.05. The summed E-state index contributed by atoms with van der Waals surface area (Å²) in [7, 11) is 0. The topological polar surface area (TPSA) is 84.2 Å². The van der Waals surface area contributed by atoms with E-state index in [2.05, 4.69) is 6.08 Å². The number of fused-ring (bicyclic) bond motifs is 1. The van der Waals surface area contributed by atoms with E-state index in [4.69, 9.17) is 23.4 Å². The summed E-state index contributed by atoms with van der Waals surface area (Å²) in [6, 6.07) is 1.89. The zero-order valence-corrected chi connectivity index (χ0v) is 18.4. The number of ether oxygens (including phenoxy) is 4. The molecule has 0 aromatic carbocycles. The summed E-state index contributed by atoms with van der Waals surface area (Å²) in [5.41, 5.74) is -0.251. The molecule has 0 amide bonds. The molecule has 7 nitrogen and oxygen atoms in total. The first-order valence-corrected chi connectivity index (χ1v) is 11.4. The highest BCUT2D eigenvalue weighted by Gasteiger charge is 2.85. The number of carbonyl (C=O) groups is 2. The van der Waals surface area contributed by atoms with Crippen molar-refractivity contribution in [3.8, 4) is 0 Å². The van der Waals surface area contributed by atoms with Gasteiger partial charge in [-0.3, -0.25) is 4.79 Å². The summed E-state index contributed by atoms with van der Waals surface area (Å²) in [6.45, 7) is 5.95. The van der Waals surface area contributed by atoms with E-state index in [0.29, 0.717) is 6.42 Å². The molecule has 2 aliphatic carbocycles. The third-order valence-electron chi connectivity index (χ3n) is 8.96. The van der Waals surface area contributed by atoms with Crippen molar-refractivity contribution in [3.05, 3.63) is 48.0 Å². The molecule has 1 spiro atoms. The molecule has 0 N–H and O–H groups in total. The van der Waals surface area contributed by atoms with Crippen LogP contribution in [-0.2, 0) is 28.5 Å². The van der Waals surface area contributed by atoms with Gasteiger partial charge in [-0.1, -0.05) is 0 Å². The van der Waals surface area contributed by atoms with Crippen molar-refractivity contribution in [2.24, 2.45) is 16.7 Å². The van der Waals surface area contributed by atoms with Crippen molar-refractivity contribution in [2.75, 3.05) is 0 Å². The highest BCUT2D eigenvalue weighted by atomic mass is 16.7. The molecule has 1 aromatic rings. The molecule has 2 saturated carbocycles. The molecular weight excluding hydrogens is 412 g/mol. The fraction of sp³-hybridized carbons (Fsp3) is 0.600. The SMILES string of the molecule is CC1(C)O[C@]2(C=C3[C@H](CC[C@]45C[C@]34C(=O)O[C@H]5c3ccoc3)O2)C[C@H]1[C@]1(C)C=CC(=O)O1. The molecule has 1 aromatic heterocycles. The van der Waals surface area contributed by atoms with Gasteiger partial charge in [0.2, 0.25) is 0 Å². The second-order valence-corrected chi connectivity index (χ2v) is 11.0. The molecule has 0 unspecified atom stereocenters. The molecule has 0 bridgehead atoms. The van der Waals surface area contributed by atoms with Crippen molar-refractivity contribution in [3.63, 3.8) is 0 Å². The minimum atomic E-state index is -0.929. The van der Waals surface area contributed by atoms with Gasteiger partial charge in [-0.05, 0) is 63.8 Å². The molecule has 168 valence electrons. The lowest BCUT2D eigenvalue weighted by Gasteiger charge is -2.36. The fourth-order valence-electron chi connectivity index (χ4n) is 7.61. The smallest absolute Gasteiger partial charge is 0.331 e. The Hall–Kier alpha value is -2.38. The summed E-state index contributed by atoms with van der Waals surface area (Å²) in [5, 5.41) is 0. The van der Waals surface area contributed by atoms with Crippen LogP contribution in [0.15, 0.2) is 46.8 Å². The predicted molar refractivity (Wildman–Crippen MR) is 109 cm³/mol. The standard InChI is InChI=1S/C25H26O7/c1-21(2)17(22(3)7-5-18(26)31-22)11-24(32-21)10-15-16(30-24)4-8-23-13-25(15,23)20(27)29-19(23)14-6-9-28-12-14/h5-7,9-10,12,16-17,19H,4,8,11,13H2,1-3H3/t16-,17+,19-,22-,23+,24+,25+/m0/s1. The van der Waals surface area contributed by atoms with E-state index >= 15 is 0 Å². The van der Waals surface area contributed by atoms with Crippen LogP contribution in [0.25, 0.3) is 0 Å². The molecule has 4 fully saturated rings. The van der Waals surface area contributed by atoms with Gasteiger partial charge in [-0.2, -0.15) is 0 Å². The van der Waals surface area contributed by atoms with E-state index in [1.807, 2.05) is 32.9 Å². The Morgan fingerprint density at radius 3 is 2.72 bits per heavy atom. The molecule has 32 heavy (non-hydrogen) atoms. The van der Waals surface area contributed by atoms with Crippen LogP contribution in [0.1, 0.15) is 58.1 Å². The van der Waals surface area contributed by atoms with Crippen LogP contribution in [-0.4, -0.2) is 35.0 Å². The van der Waals surface area contributed by atoms with Crippen LogP contribution in [0.3, 0.4) is 0 Å². The Labute approximate surface area is 185 Å². The lowest BCUT2D eigenvalue weighted by molar-refractivity contribution is -0.223. The lowest BCUT2D eigenvalue weighted by atomic mass is 9.72. The van der Waals surface area contributed by atoms with Crippen molar-refractivity contribution in [2.45, 2.75) is 75.7 Å². The molecule has 7 heteroatoms. The molecule has 7 atom stereocenters. The van der Waals surface area contributed by atoms with E-state index in [1.54, 1.807) is 12.5 Å². The average Bonchev–Trinajstić information content (AvgIpc) is 3.24. The van der Waals surface area contributed by atoms with Gasteiger partial charge in [0.1, 0.15) is 17.1 Å². The minimum absolute atomic E-state index is 0.0922. The maximum absolute atomic E-state index is 13.2. The monoisotopic (exact) mass is 438 g/mol. The van der Waals surface area contributed by atoms with Gasteiger partial charge in [0, 0.05) is 29.4 Å². The van der Waals surface area contributed by atoms with Gasteiger partial charge in [0.25, 0.3) is 0 Å². The Morgan fingerprint density at radius 2 is 2.00 bits per heavy atom. The summed E-state index contributed by atoms with van der Waals surface area (Å²) in [4.78, 5) is 25.1. The van der Waals surface area contributed by atoms with Crippen molar-refractivity contribution in [1.29, 1.82) is 0 Å². The quantitative estimate of drug-likeness (QED) is 0.514. The third-order valence-corrected chi connectivity index (χ3v) is 8.96. The van der Waals surface area contributed by atoms with Crippen LogP contribution in [0.4, 0.5) is 0 Å². The van der Waals surface area contributed by atoms with Gasteiger partial charge in [0.15, 0.2) is 5.79 Å². The first-order valence-electron chi connectivity index (χ1n) is 11.4. The maximum Gasteiger partial charge on any atom is 0.331 e. The zero-order chi connectivity index (χ0) is 22.1. The highest BCUT2D eigenvalue weighted by molar-refractivity contribution is 5.90. The largest absolute Gasteiger partial charge is 0.472 e. The normalized spacial score (nSPS) is 49.5. The van der Waals surface area contributed by atoms with E-state index in [-0.39, 0.29) is 35.5 Å². The van der Waals surface area contributed by atoms with Gasteiger partial charge >= 0.3 is 11.9 Å². The predicted octanol–water partition coefficient (Wildman–Crippen LogP) is 3.76. The van der Waals surface area contributed by atoms with Crippen molar-refractivity contribution in [1.82, 2.24) is 0 Å². The number of cyclic esters (lactones) is 2. The lowest BCUT2D eigenvalue weighted by Crippen LogP contribution is -2.44. The van der Waals surface area contributed by atoms with Gasteiger partial charge in [-0.25, -0.2) is 4.79 Å². The average molecular weight is 438 g/mol. The minimum Gasteiger partial charge on any atom is -0.472 e. The second-order valence-electron chi connectivity index (χ2n) is 11.0. The van der Waals surface area contributed by atoms with Gasteiger partial charge in [0.05, 0.1) is 24.2 Å². The van der Waals surface area contributed by atoms with Crippen LogP contribution < -0.4 is 0 Å². The van der Waals surface area contributed by atoms with Gasteiger partial charge in [-0.15, -0.1) is 0 Å². The highest BCUT2D eigenvalue weighted by Crippen LogP contribution is 2.83. The molecule has 4 aliphatic heterocycles. The molecule has 0 radical (unpaired) electrons. The fourth-order valence-corrected chi connectivity index (χ4v) is 7.61. The van der Waals surface area contributed by atoms with Crippen LogP contribution >= 0.6 is 0 Å². The number of esters is 2. The molecule has 2 saturated heterocycles. The van der Waals surface area contributed by atoms with Gasteiger partial charge < -0.3 is 23.4 Å². The summed E-state index contributed by atoms with van der Waals surface area (Å²) in [6.07, 6.45) is 11.2. The van der Waals surface area contributed by atoms with Crippen molar-refractivity contribution < 1.29 is 33.0 Å². The van der Waals surface area contributed by atoms with E-state index in [0.717, 1.165) is 30.4 Å². The van der Waals surface area contributed by atoms with E-state index in [9.17, 15) is 9.59 Å². The Balaban J connectivity index is 1.26. The van der Waals surface area contributed by atoms with E-state index in [1.165, 1.54) is 6.08 Å². The number of hydrogen-bond donors (Lipinski definition) is 0. The van der Waals surface area contributed by atoms with Crippen LogP contribution in [0.2, 0.25) is 0 Å². The maximum atomic E-state index is 13.2. The number of hydrogen-bond acceptors (Lipinski definition) is 7. The number of rotatable bonds is 2. The zero-order valence-electron chi connectivity index (χ0n) is 18.4. The number of furan rings is 1. The van der Waals surface area contributed by atoms with E-state index < -0.39 is 22.4 Å². The first-order chi connectivity index (χ1) is 15.1. The molecule has 5 heterocycles. The summed E-state index contributed by atoms with van der Waals surface area (Å²) >= 11 is 0. The molecule has 6 aliphatic rings. The van der Waals surface area contributed by atoms with Crippen LogP contribution in [0, 0.1) is 16.7 Å². The molecule has 7 rings (SSSR count). The summed E-state index contributed by atoms with van der Waals surface area (Å²) < 4.78 is 30.0. The Morgan fingerprint density at radius 1 is 1.16 bits per heavy atom. The van der Waals surface area contributed by atoms with Crippen LogP contribution in [0.5, 0.6) is 0 Å².